The van der Waals surface area contributed by atoms with Gasteiger partial charge in [0.25, 0.3) is 0 Å². The average Bonchev–Trinajstić information content (AvgIpc) is 2.65. The summed E-state index contributed by atoms with van der Waals surface area (Å²) in [5.74, 6) is 0.860. The Bertz CT molecular complexity index is 474. The minimum atomic E-state index is 0.860. The van der Waals surface area contributed by atoms with Crippen LogP contribution in [0.4, 0.5) is 0 Å². The Morgan fingerprint density at radius 3 is 2.67 bits per heavy atom. The molecule has 1 aromatic carbocycles. The van der Waals surface area contributed by atoms with E-state index in [1.165, 1.54) is 5.56 Å². The summed E-state index contributed by atoms with van der Waals surface area (Å²) in [7, 11) is 3.59. The van der Waals surface area contributed by atoms with Crippen molar-refractivity contribution in [1.29, 1.82) is 0 Å². The highest BCUT2D eigenvalue weighted by Gasteiger charge is 2.07. The van der Waals surface area contributed by atoms with Crippen molar-refractivity contribution < 1.29 is 4.74 Å². The monoisotopic (exact) mass is 202 g/mol. The molecule has 78 valence electrons. The van der Waals surface area contributed by atoms with E-state index in [-0.39, 0.29) is 0 Å². The van der Waals surface area contributed by atoms with E-state index in [0.717, 1.165) is 17.0 Å². The van der Waals surface area contributed by atoms with E-state index in [1.54, 1.807) is 11.8 Å². The first-order valence-electron chi connectivity index (χ1n) is 4.85. The van der Waals surface area contributed by atoms with Crippen LogP contribution in [0.5, 0.6) is 5.75 Å². The zero-order valence-corrected chi connectivity index (χ0v) is 9.19. The van der Waals surface area contributed by atoms with Crippen molar-refractivity contribution >= 4 is 0 Å². The van der Waals surface area contributed by atoms with Crippen LogP contribution in [-0.4, -0.2) is 16.9 Å². The molecule has 0 atom stereocenters. The van der Waals surface area contributed by atoms with E-state index < -0.39 is 0 Å². The lowest BCUT2D eigenvalue weighted by molar-refractivity contribution is 0.416. The van der Waals surface area contributed by atoms with Gasteiger partial charge in [-0.25, -0.2) is 0 Å². The standard InChI is InChI=1S/C12H14N2O/c1-9-4-5-12(15-3)10(8-9)11-6-7-14(2)13-11/h4-8H,1-3H3. The maximum atomic E-state index is 5.31. The van der Waals surface area contributed by atoms with Crippen LogP contribution in [0.1, 0.15) is 5.56 Å². The molecule has 15 heavy (non-hydrogen) atoms. The molecule has 0 spiro atoms. The Labute approximate surface area is 89.3 Å². The summed E-state index contributed by atoms with van der Waals surface area (Å²) < 4.78 is 7.10. The van der Waals surface area contributed by atoms with Gasteiger partial charge in [0.15, 0.2) is 0 Å². The lowest BCUT2D eigenvalue weighted by Crippen LogP contribution is -1.91. The third-order valence-electron chi connectivity index (χ3n) is 2.34. The maximum Gasteiger partial charge on any atom is 0.128 e. The third kappa shape index (κ3) is 1.86. The van der Waals surface area contributed by atoms with Gasteiger partial charge in [-0.3, -0.25) is 4.68 Å². The molecule has 3 nitrogen and oxygen atoms in total. The smallest absolute Gasteiger partial charge is 0.128 e. The molecule has 0 aliphatic carbocycles. The molecule has 1 heterocycles. The van der Waals surface area contributed by atoms with Gasteiger partial charge in [0.05, 0.1) is 12.8 Å². The van der Waals surface area contributed by atoms with E-state index in [1.807, 2.05) is 31.4 Å². The van der Waals surface area contributed by atoms with Gasteiger partial charge in [-0.2, -0.15) is 5.10 Å². The minimum Gasteiger partial charge on any atom is -0.496 e. The summed E-state index contributed by atoms with van der Waals surface area (Å²) in [4.78, 5) is 0. The Hall–Kier alpha value is -1.77. The van der Waals surface area contributed by atoms with Crippen LogP contribution >= 0.6 is 0 Å². The number of hydrogen-bond donors (Lipinski definition) is 0. The van der Waals surface area contributed by atoms with Crippen molar-refractivity contribution in [2.24, 2.45) is 7.05 Å². The van der Waals surface area contributed by atoms with Crippen molar-refractivity contribution in [3.8, 4) is 17.0 Å². The van der Waals surface area contributed by atoms with E-state index in [4.69, 9.17) is 4.74 Å². The third-order valence-corrected chi connectivity index (χ3v) is 2.34. The number of benzene rings is 1. The maximum absolute atomic E-state index is 5.31. The first kappa shape index (κ1) is 9.77. The molecular formula is C12H14N2O. The predicted molar refractivity (Wildman–Crippen MR) is 59.9 cm³/mol. The zero-order chi connectivity index (χ0) is 10.8. The fourth-order valence-electron chi connectivity index (χ4n) is 1.58. The van der Waals surface area contributed by atoms with Gasteiger partial charge in [-0.1, -0.05) is 11.6 Å². The first-order valence-corrected chi connectivity index (χ1v) is 4.85. The lowest BCUT2D eigenvalue weighted by Gasteiger charge is -2.06. The summed E-state index contributed by atoms with van der Waals surface area (Å²) in [6.07, 6.45) is 1.93. The molecule has 0 amide bonds. The van der Waals surface area contributed by atoms with E-state index in [2.05, 4.69) is 18.1 Å². The van der Waals surface area contributed by atoms with Crippen molar-refractivity contribution in [2.75, 3.05) is 7.11 Å². The number of aromatic nitrogens is 2. The Balaban J connectivity index is 2.55. The Morgan fingerprint density at radius 1 is 1.27 bits per heavy atom. The van der Waals surface area contributed by atoms with E-state index in [9.17, 15) is 0 Å². The second kappa shape index (κ2) is 3.77. The van der Waals surface area contributed by atoms with E-state index >= 15 is 0 Å². The summed E-state index contributed by atoms with van der Waals surface area (Å²) in [5.41, 5.74) is 3.19. The molecule has 0 radical (unpaired) electrons. The lowest BCUT2D eigenvalue weighted by atomic mass is 10.1. The predicted octanol–water partition coefficient (Wildman–Crippen LogP) is 2.40. The van der Waals surface area contributed by atoms with Crippen molar-refractivity contribution in [1.82, 2.24) is 9.78 Å². The van der Waals surface area contributed by atoms with Gasteiger partial charge in [0, 0.05) is 18.8 Å². The quantitative estimate of drug-likeness (QED) is 0.747. The van der Waals surface area contributed by atoms with Crippen molar-refractivity contribution in [2.45, 2.75) is 6.92 Å². The fraction of sp³-hybridized carbons (Fsp3) is 0.250. The molecule has 0 N–H and O–H groups in total. The van der Waals surface area contributed by atoms with Gasteiger partial charge in [-0.15, -0.1) is 0 Å². The van der Waals surface area contributed by atoms with Crippen molar-refractivity contribution in [3.63, 3.8) is 0 Å². The Morgan fingerprint density at radius 2 is 2.07 bits per heavy atom. The van der Waals surface area contributed by atoms with Crippen LogP contribution in [-0.2, 0) is 7.05 Å². The summed E-state index contributed by atoms with van der Waals surface area (Å²) in [6, 6.07) is 8.07. The average molecular weight is 202 g/mol. The van der Waals surface area contributed by atoms with E-state index in [0.29, 0.717) is 0 Å². The second-order valence-electron chi connectivity index (χ2n) is 3.58. The molecule has 0 unspecified atom stereocenters. The number of ether oxygens (including phenoxy) is 1. The highest BCUT2D eigenvalue weighted by atomic mass is 16.5. The molecule has 0 aliphatic heterocycles. The normalized spacial score (nSPS) is 10.3. The van der Waals surface area contributed by atoms with Crippen molar-refractivity contribution in [3.05, 3.63) is 36.0 Å². The molecule has 2 rings (SSSR count). The molecule has 3 heteroatoms. The largest absolute Gasteiger partial charge is 0.496 e. The zero-order valence-electron chi connectivity index (χ0n) is 9.19. The molecule has 1 aromatic heterocycles. The summed E-state index contributed by atoms with van der Waals surface area (Å²) in [6.45, 7) is 2.06. The van der Waals surface area contributed by atoms with Crippen LogP contribution in [0.25, 0.3) is 11.3 Å². The number of hydrogen-bond acceptors (Lipinski definition) is 2. The number of aryl methyl sites for hydroxylation is 2. The van der Waals surface area contributed by atoms with Gasteiger partial charge in [0.1, 0.15) is 5.75 Å². The fourth-order valence-corrected chi connectivity index (χ4v) is 1.58. The highest BCUT2D eigenvalue weighted by Crippen LogP contribution is 2.29. The minimum absolute atomic E-state index is 0.860. The van der Waals surface area contributed by atoms with Gasteiger partial charge >= 0.3 is 0 Å². The van der Waals surface area contributed by atoms with Crippen LogP contribution in [0.2, 0.25) is 0 Å². The molecule has 0 saturated heterocycles. The number of rotatable bonds is 2. The molecule has 0 fully saturated rings. The number of nitrogens with zero attached hydrogens (tertiary/aromatic N) is 2. The van der Waals surface area contributed by atoms with Crippen LogP contribution in [0, 0.1) is 6.92 Å². The van der Waals surface area contributed by atoms with Crippen LogP contribution in [0.15, 0.2) is 30.5 Å². The molecule has 0 saturated carbocycles. The topological polar surface area (TPSA) is 27.1 Å². The second-order valence-corrected chi connectivity index (χ2v) is 3.58. The molecular weight excluding hydrogens is 188 g/mol. The van der Waals surface area contributed by atoms with Crippen LogP contribution in [0.3, 0.4) is 0 Å². The molecule has 2 aromatic rings. The van der Waals surface area contributed by atoms with Gasteiger partial charge in [-0.05, 0) is 25.1 Å². The SMILES string of the molecule is COc1ccc(C)cc1-c1ccn(C)n1. The van der Waals surface area contributed by atoms with Gasteiger partial charge < -0.3 is 4.74 Å². The first-order chi connectivity index (χ1) is 7.20. The summed E-state index contributed by atoms with van der Waals surface area (Å²) in [5, 5.41) is 4.37. The molecule has 0 bridgehead atoms. The molecule has 0 aliphatic rings. The van der Waals surface area contributed by atoms with Crippen LogP contribution < -0.4 is 4.74 Å². The number of methoxy groups -OCH3 is 1. The summed E-state index contributed by atoms with van der Waals surface area (Å²) >= 11 is 0. The highest BCUT2D eigenvalue weighted by molar-refractivity contribution is 5.67. The van der Waals surface area contributed by atoms with Gasteiger partial charge in [0.2, 0.25) is 0 Å². The Kier molecular flexibility index (Phi) is 2.46.